The molecule has 4 heteroatoms. The third-order valence-electron chi connectivity index (χ3n) is 2.62. The predicted octanol–water partition coefficient (Wildman–Crippen LogP) is 0.990. The SMILES string of the molecule is Cc1ccncc1CNC(=O)C(N)C(C)C. The fourth-order valence-corrected chi connectivity index (χ4v) is 1.28. The Bertz CT molecular complexity index is 363. The molecule has 0 saturated heterocycles. The number of rotatable bonds is 4. The van der Waals surface area contributed by atoms with Crippen LogP contribution in [-0.4, -0.2) is 16.9 Å². The van der Waals surface area contributed by atoms with Crippen molar-refractivity contribution in [3.05, 3.63) is 29.6 Å². The molecule has 0 aliphatic carbocycles. The summed E-state index contributed by atoms with van der Waals surface area (Å²) < 4.78 is 0. The summed E-state index contributed by atoms with van der Waals surface area (Å²) in [6.45, 7) is 6.34. The maximum Gasteiger partial charge on any atom is 0.237 e. The van der Waals surface area contributed by atoms with E-state index in [4.69, 9.17) is 5.73 Å². The van der Waals surface area contributed by atoms with Gasteiger partial charge in [-0.1, -0.05) is 13.8 Å². The van der Waals surface area contributed by atoms with Crippen LogP contribution in [0.3, 0.4) is 0 Å². The smallest absolute Gasteiger partial charge is 0.237 e. The molecule has 1 aromatic heterocycles. The normalized spacial score (nSPS) is 12.6. The van der Waals surface area contributed by atoms with Crippen molar-refractivity contribution in [1.29, 1.82) is 0 Å². The monoisotopic (exact) mass is 221 g/mol. The second-order valence-electron chi connectivity index (χ2n) is 4.29. The fourth-order valence-electron chi connectivity index (χ4n) is 1.28. The number of nitrogens with one attached hydrogen (secondary N) is 1. The number of hydrogen-bond donors (Lipinski definition) is 2. The van der Waals surface area contributed by atoms with E-state index in [1.807, 2.05) is 26.8 Å². The van der Waals surface area contributed by atoms with E-state index >= 15 is 0 Å². The highest BCUT2D eigenvalue weighted by atomic mass is 16.2. The van der Waals surface area contributed by atoms with E-state index in [2.05, 4.69) is 10.3 Å². The number of carbonyl (C=O) groups excluding carboxylic acids is 1. The molecule has 1 atom stereocenters. The van der Waals surface area contributed by atoms with Crippen molar-refractivity contribution in [2.75, 3.05) is 0 Å². The lowest BCUT2D eigenvalue weighted by Gasteiger charge is -2.15. The van der Waals surface area contributed by atoms with Gasteiger partial charge in [0, 0.05) is 18.9 Å². The molecule has 16 heavy (non-hydrogen) atoms. The Hall–Kier alpha value is -1.42. The molecule has 0 saturated carbocycles. The van der Waals surface area contributed by atoms with Gasteiger partial charge in [-0.3, -0.25) is 9.78 Å². The zero-order valence-corrected chi connectivity index (χ0v) is 10.0. The average molecular weight is 221 g/mol. The number of nitrogens with two attached hydrogens (primary N) is 1. The zero-order chi connectivity index (χ0) is 12.1. The maximum atomic E-state index is 11.6. The molecule has 0 radical (unpaired) electrons. The predicted molar refractivity (Wildman–Crippen MR) is 63.6 cm³/mol. The molecule has 0 bridgehead atoms. The van der Waals surface area contributed by atoms with Crippen LogP contribution in [0.4, 0.5) is 0 Å². The number of pyridine rings is 1. The number of aromatic nitrogens is 1. The Morgan fingerprint density at radius 2 is 2.25 bits per heavy atom. The molecule has 1 heterocycles. The minimum atomic E-state index is -0.447. The number of amides is 1. The van der Waals surface area contributed by atoms with Crippen LogP contribution in [0.25, 0.3) is 0 Å². The molecular formula is C12H19N3O. The average Bonchev–Trinajstić information content (AvgIpc) is 2.26. The minimum absolute atomic E-state index is 0.113. The summed E-state index contributed by atoms with van der Waals surface area (Å²) in [6.07, 6.45) is 3.50. The first-order chi connectivity index (χ1) is 7.52. The lowest BCUT2D eigenvalue weighted by molar-refractivity contribution is -0.123. The van der Waals surface area contributed by atoms with Gasteiger partial charge in [-0.15, -0.1) is 0 Å². The summed E-state index contributed by atoms with van der Waals surface area (Å²) in [7, 11) is 0. The summed E-state index contributed by atoms with van der Waals surface area (Å²) in [5, 5.41) is 2.82. The number of hydrogen-bond acceptors (Lipinski definition) is 3. The van der Waals surface area contributed by atoms with E-state index in [9.17, 15) is 4.79 Å². The first kappa shape index (κ1) is 12.6. The number of nitrogens with zero attached hydrogens (tertiary/aromatic N) is 1. The largest absolute Gasteiger partial charge is 0.351 e. The Morgan fingerprint density at radius 1 is 1.56 bits per heavy atom. The van der Waals surface area contributed by atoms with Crippen LogP contribution in [0.2, 0.25) is 0 Å². The third kappa shape index (κ3) is 3.31. The van der Waals surface area contributed by atoms with Gasteiger partial charge in [-0.2, -0.15) is 0 Å². The fraction of sp³-hybridized carbons (Fsp3) is 0.500. The Morgan fingerprint density at radius 3 is 2.81 bits per heavy atom. The van der Waals surface area contributed by atoms with Crippen molar-refractivity contribution < 1.29 is 4.79 Å². The van der Waals surface area contributed by atoms with Gasteiger partial charge in [0.15, 0.2) is 0 Å². The molecule has 0 aromatic carbocycles. The molecule has 0 fully saturated rings. The van der Waals surface area contributed by atoms with E-state index < -0.39 is 6.04 Å². The van der Waals surface area contributed by atoms with E-state index in [0.29, 0.717) is 6.54 Å². The summed E-state index contributed by atoms with van der Waals surface area (Å²) >= 11 is 0. The summed E-state index contributed by atoms with van der Waals surface area (Å²) in [4.78, 5) is 15.6. The van der Waals surface area contributed by atoms with Crippen LogP contribution in [0, 0.1) is 12.8 Å². The van der Waals surface area contributed by atoms with Crippen LogP contribution < -0.4 is 11.1 Å². The summed E-state index contributed by atoms with van der Waals surface area (Å²) in [5.41, 5.74) is 7.87. The lowest BCUT2D eigenvalue weighted by Crippen LogP contribution is -2.43. The van der Waals surface area contributed by atoms with Crippen molar-refractivity contribution in [2.24, 2.45) is 11.7 Å². The molecule has 1 amide bonds. The summed E-state index contributed by atoms with van der Waals surface area (Å²) in [5.74, 6) is 0.0354. The van der Waals surface area contributed by atoms with Crippen LogP contribution >= 0.6 is 0 Å². The minimum Gasteiger partial charge on any atom is -0.351 e. The number of aryl methyl sites for hydroxylation is 1. The van der Waals surface area contributed by atoms with Crippen molar-refractivity contribution in [1.82, 2.24) is 10.3 Å². The van der Waals surface area contributed by atoms with E-state index in [1.165, 1.54) is 0 Å². The second kappa shape index (κ2) is 5.61. The van der Waals surface area contributed by atoms with Gasteiger partial charge >= 0.3 is 0 Å². The van der Waals surface area contributed by atoms with Crippen molar-refractivity contribution in [3.63, 3.8) is 0 Å². The Labute approximate surface area is 96.3 Å². The lowest BCUT2D eigenvalue weighted by atomic mass is 10.0. The van der Waals surface area contributed by atoms with E-state index in [0.717, 1.165) is 11.1 Å². The second-order valence-corrected chi connectivity index (χ2v) is 4.29. The first-order valence-corrected chi connectivity index (χ1v) is 5.45. The Balaban J connectivity index is 2.52. The quantitative estimate of drug-likeness (QED) is 0.796. The van der Waals surface area contributed by atoms with Crippen LogP contribution in [0.1, 0.15) is 25.0 Å². The molecule has 88 valence electrons. The van der Waals surface area contributed by atoms with Crippen LogP contribution in [-0.2, 0) is 11.3 Å². The topological polar surface area (TPSA) is 68.0 Å². The molecule has 1 rings (SSSR count). The van der Waals surface area contributed by atoms with Crippen molar-refractivity contribution >= 4 is 5.91 Å². The van der Waals surface area contributed by atoms with Gasteiger partial charge in [-0.05, 0) is 30.0 Å². The third-order valence-corrected chi connectivity index (χ3v) is 2.62. The molecule has 3 N–H and O–H groups in total. The van der Waals surface area contributed by atoms with Gasteiger partial charge in [-0.25, -0.2) is 0 Å². The van der Waals surface area contributed by atoms with Gasteiger partial charge < -0.3 is 11.1 Å². The highest BCUT2D eigenvalue weighted by Gasteiger charge is 2.16. The van der Waals surface area contributed by atoms with Gasteiger partial charge in [0.2, 0.25) is 5.91 Å². The zero-order valence-electron chi connectivity index (χ0n) is 10.0. The Kier molecular flexibility index (Phi) is 4.43. The maximum absolute atomic E-state index is 11.6. The standard InChI is InChI=1S/C12H19N3O/c1-8(2)11(13)12(16)15-7-10-6-14-5-4-9(10)3/h4-6,8,11H,7,13H2,1-3H3,(H,15,16). The van der Waals surface area contributed by atoms with Gasteiger partial charge in [0.25, 0.3) is 0 Å². The van der Waals surface area contributed by atoms with Gasteiger partial charge in [0.05, 0.1) is 6.04 Å². The van der Waals surface area contributed by atoms with Crippen LogP contribution in [0.15, 0.2) is 18.5 Å². The molecule has 0 aliphatic heterocycles. The van der Waals surface area contributed by atoms with Crippen molar-refractivity contribution in [3.8, 4) is 0 Å². The number of carbonyl (C=O) groups is 1. The highest BCUT2D eigenvalue weighted by Crippen LogP contribution is 2.05. The van der Waals surface area contributed by atoms with E-state index in [-0.39, 0.29) is 11.8 Å². The first-order valence-electron chi connectivity index (χ1n) is 5.45. The van der Waals surface area contributed by atoms with Gasteiger partial charge in [0.1, 0.15) is 0 Å². The van der Waals surface area contributed by atoms with E-state index in [1.54, 1.807) is 12.4 Å². The highest BCUT2D eigenvalue weighted by molar-refractivity contribution is 5.81. The molecule has 0 aliphatic rings. The molecular weight excluding hydrogens is 202 g/mol. The molecule has 1 unspecified atom stereocenters. The van der Waals surface area contributed by atoms with Crippen molar-refractivity contribution in [2.45, 2.75) is 33.4 Å². The molecule has 1 aromatic rings. The van der Waals surface area contributed by atoms with Crippen LogP contribution in [0.5, 0.6) is 0 Å². The molecule has 0 spiro atoms. The summed E-state index contributed by atoms with van der Waals surface area (Å²) in [6, 6.07) is 1.47. The molecule has 4 nitrogen and oxygen atoms in total.